The highest BCUT2D eigenvalue weighted by atomic mass is 16.2. The van der Waals surface area contributed by atoms with Crippen molar-refractivity contribution in [3.63, 3.8) is 0 Å². The Bertz CT molecular complexity index is 814. The number of nitrogens with one attached hydrogen (secondary N) is 1. The first-order chi connectivity index (χ1) is 11.4. The van der Waals surface area contributed by atoms with Gasteiger partial charge in [-0.3, -0.25) is 9.36 Å². The lowest BCUT2D eigenvalue weighted by Crippen LogP contribution is -2.40. The van der Waals surface area contributed by atoms with E-state index >= 15 is 0 Å². The van der Waals surface area contributed by atoms with E-state index in [2.05, 4.69) is 10.1 Å². The SMILES string of the molecule is CCn1c([C@@H]2CCCN(C(=O)c3[nH]c(C)cc3C)C2)nn(C)c1=O. The van der Waals surface area contributed by atoms with Crippen molar-refractivity contribution in [2.75, 3.05) is 13.1 Å². The second-order valence-electron chi connectivity index (χ2n) is 6.61. The molecule has 0 unspecified atom stereocenters. The fourth-order valence-corrected chi connectivity index (χ4v) is 3.60. The van der Waals surface area contributed by atoms with Gasteiger partial charge in [0.25, 0.3) is 5.91 Å². The summed E-state index contributed by atoms with van der Waals surface area (Å²) < 4.78 is 3.10. The summed E-state index contributed by atoms with van der Waals surface area (Å²) in [7, 11) is 1.68. The molecule has 1 aliphatic rings. The van der Waals surface area contributed by atoms with Crippen LogP contribution in [0.25, 0.3) is 0 Å². The second-order valence-corrected chi connectivity index (χ2v) is 6.61. The Morgan fingerprint density at radius 2 is 2.17 bits per heavy atom. The lowest BCUT2D eigenvalue weighted by molar-refractivity contribution is 0.0697. The van der Waals surface area contributed by atoms with Gasteiger partial charge in [-0.25, -0.2) is 9.48 Å². The lowest BCUT2D eigenvalue weighted by Gasteiger charge is -2.32. The Balaban J connectivity index is 1.85. The van der Waals surface area contributed by atoms with E-state index in [4.69, 9.17) is 0 Å². The molecule has 2 aromatic heterocycles. The van der Waals surface area contributed by atoms with Gasteiger partial charge in [0.15, 0.2) is 0 Å². The molecule has 1 fully saturated rings. The Morgan fingerprint density at radius 3 is 2.79 bits per heavy atom. The molecule has 3 heterocycles. The average molecular weight is 331 g/mol. The third-order valence-corrected chi connectivity index (χ3v) is 4.79. The molecule has 2 aromatic rings. The van der Waals surface area contributed by atoms with Crippen molar-refractivity contribution < 1.29 is 4.79 Å². The number of rotatable bonds is 3. The van der Waals surface area contributed by atoms with Crippen molar-refractivity contribution in [2.45, 2.75) is 46.1 Å². The molecule has 1 saturated heterocycles. The molecule has 1 aliphatic heterocycles. The van der Waals surface area contributed by atoms with E-state index in [1.165, 1.54) is 4.68 Å². The minimum Gasteiger partial charge on any atom is -0.354 e. The van der Waals surface area contributed by atoms with Crippen LogP contribution in [0.1, 0.15) is 53.3 Å². The van der Waals surface area contributed by atoms with Crippen LogP contribution in [-0.4, -0.2) is 43.2 Å². The third-order valence-electron chi connectivity index (χ3n) is 4.79. The number of aromatic amines is 1. The Labute approximate surface area is 141 Å². The number of nitrogens with zero attached hydrogens (tertiary/aromatic N) is 4. The van der Waals surface area contributed by atoms with E-state index in [1.807, 2.05) is 31.7 Å². The predicted octanol–water partition coefficient (Wildman–Crippen LogP) is 1.57. The summed E-state index contributed by atoms with van der Waals surface area (Å²) in [5.74, 6) is 0.932. The summed E-state index contributed by atoms with van der Waals surface area (Å²) in [6.45, 7) is 7.80. The van der Waals surface area contributed by atoms with Gasteiger partial charge in [-0.1, -0.05) is 0 Å². The molecule has 130 valence electrons. The number of aryl methyl sites for hydroxylation is 3. The van der Waals surface area contributed by atoms with Gasteiger partial charge in [-0.05, 0) is 45.2 Å². The number of likely N-dealkylation sites (tertiary alicyclic amines) is 1. The lowest BCUT2D eigenvalue weighted by atomic mass is 9.96. The van der Waals surface area contributed by atoms with Gasteiger partial charge >= 0.3 is 5.69 Å². The molecule has 1 N–H and O–H groups in total. The smallest absolute Gasteiger partial charge is 0.345 e. The van der Waals surface area contributed by atoms with E-state index in [0.717, 1.165) is 36.5 Å². The molecule has 0 spiro atoms. The van der Waals surface area contributed by atoms with E-state index in [0.29, 0.717) is 18.8 Å². The maximum Gasteiger partial charge on any atom is 0.345 e. The second kappa shape index (κ2) is 6.30. The summed E-state index contributed by atoms with van der Waals surface area (Å²) in [6.07, 6.45) is 1.87. The molecular weight excluding hydrogens is 306 g/mol. The quantitative estimate of drug-likeness (QED) is 0.927. The predicted molar refractivity (Wildman–Crippen MR) is 91.3 cm³/mol. The first-order valence-electron chi connectivity index (χ1n) is 8.51. The zero-order valence-corrected chi connectivity index (χ0v) is 14.8. The van der Waals surface area contributed by atoms with Crippen molar-refractivity contribution in [1.29, 1.82) is 0 Å². The highest BCUT2D eigenvalue weighted by Gasteiger charge is 2.30. The zero-order chi connectivity index (χ0) is 17.4. The number of hydrogen-bond acceptors (Lipinski definition) is 3. The van der Waals surface area contributed by atoms with Crippen molar-refractivity contribution >= 4 is 5.91 Å². The zero-order valence-electron chi connectivity index (χ0n) is 14.8. The maximum atomic E-state index is 12.8. The first kappa shape index (κ1) is 16.5. The van der Waals surface area contributed by atoms with Crippen LogP contribution < -0.4 is 5.69 Å². The fraction of sp³-hybridized carbons (Fsp3) is 0.588. The van der Waals surface area contributed by atoms with Crippen LogP contribution in [0.2, 0.25) is 0 Å². The summed E-state index contributed by atoms with van der Waals surface area (Å²) >= 11 is 0. The molecular formula is C17H25N5O2. The van der Waals surface area contributed by atoms with Gasteiger partial charge in [0.2, 0.25) is 0 Å². The topological polar surface area (TPSA) is 75.9 Å². The molecule has 1 atom stereocenters. The van der Waals surface area contributed by atoms with Crippen LogP contribution in [0, 0.1) is 13.8 Å². The third kappa shape index (κ3) is 2.79. The highest BCUT2D eigenvalue weighted by molar-refractivity contribution is 5.94. The van der Waals surface area contributed by atoms with Crippen LogP contribution in [0.4, 0.5) is 0 Å². The minimum atomic E-state index is -0.0909. The number of aromatic nitrogens is 4. The van der Waals surface area contributed by atoms with E-state index in [1.54, 1.807) is 11.6 Å². The molecule has 0 aromatic carbocycles. The van der Waals surface area contributed by atoms with Gasteiger partial charge in [0.1, 0.15) is 11.5 Å². The molecule has 0 aliphatic carbocycles. The Morgan fingerprint density at radius 1 is 1.42 bits per heavy atom. The van der Waals surface area contributed by atoms with Gasteiger partial charge < -0.3 is 9.88 Å². The van der Waals surface area contributed by atoms with Gasteiger partial charge in [0.05, 0.1) is 0 Å². The summed E-state index contributed by atoms with van der Waals surface area (Å²) in [5.41, 5.74) is 2.55. The molecule has 7 nitrogen and oxygen atoms in total. The molecule has 0 bridgehead atoms. The molecule has 3 rings (SSSR count). The number of carbonyl (C=O) groups is 1. The van der Waals surface area contributed by atoms with E-state index in [9.17, 15) is 9.59 Å². The molecule has 0 radical (unpaired) electrons. The average Bonchev–Trinajstić information content (AvgIpc) is 3.06. The van der Waals surface area contributed by atoms with Crippen LogP contribution in [0.5, 0.6) is 0 Å². The number of H-pyrrole nitrogens is 1. The standard InChI is InChI=1S/C17H25N5O2/c1-5-22-15(19-20(4)17(22)24)13-7-6-8-21(10-13)16(23)14-11(2)9-12(3)18-14/h9,13,18H,5-8,10H2,1-4H3/t13-/m1/s1. The fourth-order valence-electron chi connectivity index (χ4n) is 3.60. The van der Waals surface area contributed by atoms with Crippen LogP contribution in [0.15, 0.2) is 10.9 Å². The number of carbonyl (C=O) groups excluding carboxylic acids is 1. The van der Waals surface area contributed by atoms with Crippen LogP contribution >= 0.6 is 0 Å². The van der Waals surface area contributed by atoms with Crippen molar-refractivity contribution in [2.24, 2.45) is 7.05 Å². The van der Waals surface area contributed by atoms with Crippen molar-refractivity contribution in [1.82, 2.24) is 24.2 Å². The largest absolute Gasteiger partial charge is 0.354 e. The minimum absolute atomic E-state index is 0.0339. The molecule has 0 saturated carbocycles. The summed E-state index contributed by atoms with van der Waals surface area (Å²) in [6, 6.07) is 1.99. The van der Waals surface area contributed by atoms with Gasteiger partial charge in [0, 0.05) is 38.3 Å². The van der Waals surface area contributed by atoms with E-state index < -0.39 is 0 Å². The van der Waals surface area contributed by atoms with Crippen molar-refractivity contribution in [3.8, 4) is 0 Å². The Hall–Kier alpha value is -2.31. The van der Waals surface area contributed by atoms with Crippen LogP contribution in [0.3, 0.4) is 0 Å². The maximum absolute atomic E-state index is 12.8. The molecule has 7 heteroatoms. The van der Waals surface area contributed by atoms with E-state index in [-0.39, 0.29) is 17.5 Å². The van der Waals surface area contributed by atoms with Gasteiger partial charge in [-0.15, -0.1) is 0 Å². The summed E-state index contributed by atoms with van der Waals surface area (Å²) in [4.78, 5) is 30.0. The van der Waals surface area contributed by atoms with Crippen molar-refractivity contribution in [3.05, 3.63) is 39.3 Å². The first-order valence-corrected chi connectivity index (χ1v) is 8.51. The number of piperidine rings is 1. The highest BCUT2D eigenvalue weighted by Crippen LogP contribution is 2.26. The number of hydrogen-bond donors (Lipinski definition) is 1. The Kier molecular flexibility index (Phi) is 4.34. The summed E-state index contributed by atoms with van der Waals surface area (Å²) in [5, 5.41) is 4.41. The molecule has 1 amide bonds. The van der Waals surface area contributed by atoms with Gasteiger partial charge in [-0.2, -0.15) is 5.10 Å². The molecule has 24 heavy (non-hydrogen) atoms. The number of amides is 1. The monoisotopic (exact) mass is 331 g/mol. The van der Waals surface area contributed by atoms with Crippen LogP contribution in [-0.2, 0) is 13.6 Å². The normalized spacial score (nSPS) is 18.2.